The van der Waals surface area contributed by atoms with Gasteiger partial charge in [-0.25, -0.2) is 0 Å². The Morgan fingerprint density at radius 3 is 2.62 bits per heavy atom. The highest BCUT2D eigenvalue weighted by atomic mass is 19.4. The number of hydrogen-bond donors (Lipinski definition) is 2. The molecule has 0 atom stereocenters. The van der Waals surface area contributed by atoms with Gasteiger partial charge in [0.2, 0.25) is 0 Å². The first-order chi connectivity index (χ1) is 19.3. The zero-order valence-electron chi connectivity index (χ0n) is 22.0. The van der Waals surface area contributed by atoms with E-state index in [1.165, 1.54) is 61.4 Å². The molecule has 2 fully saturated rings. The number of amides is 1. The van der Waals surface area contributed by atoms with Crippen molar-refractivity contribution in [1.82, 2.24) is 40.5 Å². The van der Waals surface area contributed by atoms with Gasteiger partial charge < -0.3 is 10.3 Å². The molecule has 0 saturated heterocycles. The Hall–Kier alpha value is -3.83. The molecule has 40 heavy (non-hydrogen) atoms. The average Bonchev–Trinajstić information content (AvgIpc) is 3.32. The number of aromatic nitrogens is 7. The molecule has 9 nitrogen and oxygen atoms in total. The summed E-state index contributed by atoms with van der Waals surface area (Å²) in [6, 6.07) is 4.01. The second-order valence-corrected chi connectivity index (χ2v) is 10.8. The molecule has 2 aliphatic rings. The molecule has 4 aromatic heterocycles. The number of rotatable bonds is 10. The first-order valence-corrected chi connectivity index (χ1v) is 13.9. The van der Waals surface area contributed by atoms with Crippen LogP contribution in [0.25, 0.3) is 11.0 Å². The topological polar surface area (TPSA) is 114 Å². The summed E-state index contributed by atoms with van der Waals surface area (Å²) in [5.74, 6) is 0.755. The van der Waals surface area contributed by atoms with E-state index in [1.54, 1.807) is 4.68 Å². The van der Waals surface area contributed by atoms with Gasteiger partial charge in [0.25, 0.3) is 5.91 Å². The number of alkyl halides is 3. The van der Waals surface area contributed by atoms with E-state index >= 15 is 0 Å². The van der Waals surface area contributed by atoms with Gasteiger partial charge in [-0.05, 0) is 80.5 Å². The second-order valence-electron chi connectivity index (χ2n) is 10.8. The van der Waals surface area contributed by atoms with Gasteiger partial charge in [0, 0.05) is 23.8 Å². The molecule has 210 valence electrons. The molecule has 6 rings (SSSR count). The number of H-pyrrole nitrogens is 1. The Morgan fingerprint density at radius 1 is 1.02 bits per heavy atom. The summed E-state index contributed by atoms with van der Waals surface area (Å²) in [5.41, 5.74) is 4.16. The van der Waals surface area contributed by atoms with Crippen molar-refractivity contribution < 1.29 is 18.0 Å². The maximum absolute atomic E-state index is 12.9. The van der Waals surface area contributed by atoms with Crippen molar-refractivity contribution in [3.05, 3.63) is 64.5 Å². The molecule has 4 heterocycles. The molecule has 0 spiro atoms. The zero-order valence-corrected chi connectivity index (χ0v) is 22.0. The lowest BCUT2D eigenvalue weighted by Gasteiger charge is -2.10. The van der Waals surface area contributed by atoms with Crippen molar-refractivity contribution in [1.29, 1.82) is 0 Å². The van der Waals surface area contributed by atoms with Crippen LogP contribution in [0, 0.1) is 0 Å². The van der Waals surface area contributed by atoms with E-state index in [4.69, 9.17) is 0 Å². The molecule has 1 amide bonds. The van der Waals surface area contributed by atoms with Crippen LogP contribution in [0.3, 0.4) is 0 Å². The van der Waals surface area contributed by atoms with Crippen molar-refractivity contribution in [3.63, 3.8) is 0 Å². The van der Waals surface area contributed by atoms with E-state index in [1.807, 2.05) is 0 Å². The van der Waals surface area contributed by atoms with Gasteiger partial charge >= 0.3 is 6.18 Å². The molecule has 0 aromatic carbocycles. The van der Waals surface area contributed by atoms with Crippen molar-refractivity contribution in [2.45, 2.75) is 88.9 Å². The number of aryl methyl sites for hydroxylation is 2. The van der Waals surface area contributed by atoms with Crippen LogP contribution in [0.2, 0.25) is 0 Å². The van der Waals surface area contributed by atoms with Crippen LogP contribution in [-0.2, 0) is 25.7 Å². The predicted octanol–water partition coefficient (Wildman–Crippen LogP) is 5.45. The lowest BCUT2D eigenvalue weighted by Crippen LogP contribution is -2.24. The standard InChI is InChI=1S/C28H31F3N8O/c29-28(30,31)19-10-11-32-21(13-19)15-33-27(40)23-16-39(38-36-23)12-4-3-7-20-14-22-24(17-8-9-17)25(18-5-1-2-6-18)34-26(22)37-35-20/h10-11,13-14,16-18H,1-9,12,15H2,(H,33,40)(H,34,37). The van der Waals surface area contributed by atoms with Gasteiger partial charge in [-0.3, -0.25) is 14.5 Å². The Bertz CT molecular complexity index is 1500. The van der Waals surface area contributed by atoms with Gasteiger partial charge in [-0.15, -0.1) is 10.2 Å². The minimum atomic E-state index is -4.47. The number of fused-ring (bicyclic) bond motifs is 1. The highest BCUT2D eigenvalue weighted by Crippen LogP contribution is 2.48. The lowest BCUT2D eigenvalue weighted by molar-refractivity contribution is -0.137. The van der Waals surface area contributed by atoms with Crippen molar-refractivity contribution in [2.24, 2.45) is 0 Å². The third kappa shape index (κ3) is 5.85. The number of pyridine rings is 1. The summed E-state index contributed by atoms with van der Waals surface area (Å²) in [7, 11) is 0. The first-order valence-electron chi connectivity index (χ1n) is 13.9. The minimum absolute atomic E-state index is 0.0985. The monoisotopic (exact) mass is 552 g/mol. The van der Waals surface area contributed by atoms with Gasteiger partial charge in [0.15, 0.2) is 11.3 Å². The Labute approximate surface area is 229 Å². The summed E-state index contributed by atoms with van der Waals surface area (Å²) >= 11 is 0. The van der Waals surface area contributed by atoms with Gasteiger partial charge in [-0.1, -0.05) is 18.1 Å². The third-order valence-electron chi connectivity index (χ3n) is 7.84. The van der Waals surface area contributed by atoms with Crippen LogP contribution in [-0.4, -0.2) is 41.1 Å². The van der Waals surface area contributed by atoms with Crippen molar-refractivity contribution in [3.8, 4) is 0 Å². The summed E-state index contributed by atoms with van der Waals surface area (Å²) in [4.78, 5) is 19.9. The number of halogens is 3. The Balaban J connectivity index is 1.01. The van der Waals surface area contributed by atoms with Gasteiger partial charge in [0.1, 0.15) is 0 Å². The molecule has 2 saturated carbocycles. The molecule has 0 radical (unpaired) electrons. The molecule has 2 N–H and O–H groups in total. The fraction of sp³-hybridized carbons (Fsp3) is 0.500. The van der Waals surface area contributed by atoms with Gasteiger partial charge in [0.05, 0.1) is 29.7 Å². The van der Waals surface area contributed by atoms with Crippen molar-refractivity contribution >= 4 is 16.9 Å². The zero-order chi connectivity index (χ0) is 27.7. The van der Waals surface area contributed by atoms with Crippen molar-refractivity contribution in [2.75, 3.05) is 0 Å². The SMILES string of the molecule is O=C(NCc1cc(C(F)(F)F)ccn1)c1cn(CCCCc2cc3c(C4CC4)c(C4CCCC4)[nH]c3nn2)nn1. The predicted molar refractivity (Wildman–Crippen MR) is 140 cm³/mol. The maximum Gasteiger partial charge on any atom is 0.416 e. The number of carbonyl (C=O) groups is 1. The van der Waals surface area contributed by atoms with Crippen LogP contribution in [0.5, 0.6) is 0 Å². The fourth-order valence-electron chi connectivity index (χ4n) is 5.64. The first kappa shape index (κ1) is 26.4. The third-order valence-corrected chi connectivity index (χ3v) is 7.84. The van der Waals surface area contributed by atoms with Crippen LogP contribution in [0.1, 0.15) is 102 Å². The Morgan fingerprint density at radius 2 is 1.85 bits per heavy atom. The molecule has 0 aliphatic heterocycles. The maximum atomic E-state index is 12.9. The van der Waals surface area contributed by atoms with E-state index in [0.29, 0.717) is 18.4 Å². The summed E-state index contributed by atoms with van der Waals surface area (Å²) < 4.78 is 40.2. The number of unbranched alkanes of at least 4 members (excludes halogenated alkanes) is 1. The Kier molecular flexibility index (Phi) is 7.24. The molecule has 0 bridgehead atoms. The van der Waals surface area contributed by atoms with E-state index < -0.39 is 17.6 Å². The smallest absolute Gasteiger partial charge is 0.345 e. The van der Waals surface area contributed by atoms with E-state index in [2.05, 4.69) is 41.9 Å². The van der Waals surface area contributed by atoms with Gasteiger partial charge in [-0.2, -0.15) is 18.3 Å². The quantitative estimate of drug-likeness (QED) is 0.253. The largest absolute Gasteiger partial charge is 0.416 e. The summed E-state index contributed by atoms with van der Waals surface area (Å²) in [6.07, 6.45) is 8.25. The second kappa shape index (κ2) is 11.0. The highest BCUT2D eigenvalue weighted by Gasteiger charge is 2.33. The van der Waals surface area contributed by atoms with Crippen LogP contribution >= 0.6 is 0 Å². The average molecular weight is 553 g/mol. The van der Waals surface area contributed by atoms with Crippen LogP contribution in [0.4, 0.5) is 13.2 Å². The number of aromatic amines is 1. The van der Waals surface area contributed by atoms with E-state index in [0.717, 1.165) is 48.9 Å². The minimum Gasteiger partial charge on any atom is -0.345 e. The van der Waals surface area contributed by atoms with E-state index in [9.17, 15) is 18.0 Å². The highest BCUT2D eigenvalue weighted by molar-refractivity contribution is 5.91. The summed E-state index contributed by atoms with van der Waals surface area (Å²) in [6.45, 7) is 0.432. The normalized spacial score (nSPS) is 16.2. The van der Waals surface area contributed by atoms with Crippen LogP contribution in [0.15, 0.2) is 30.6 Å². The molecular formula is C28H31F3N8O. The number of carbonyl (C=O) groups excluding carboxylic acids is 1. The molecule has 4 aromatic rings. The van der Waals surface area contributed by atoms with E-state index in [-0.39, 0.29) is 17.9 Å². The molecule has 12 heteroatoms. The molecule has 0 unspecified atom stereocenters. The number of nitrogens with zero attached hydrogens (tertiary/aromatic N) is 6. The summed E-state index contributed by atoms with van der Waals surface area (Å²) in [5, 5.41) is 20.7. The van der Waals surface area contributed by atoms with Crippen LogP contribution < -0.4 is 5.32 Å². The lowest BCUT2D eigenvalue weighted by atomic mass is 9.96. The molecular weight excluding hydrogens is 521 g/mol. The number of nitrogens with one attached hydrogen (secondary N) is 2. The molecule has 2 aliphatic carbocycles. The number of hydrogen-bond acceptors (Lipinski definition) is 6. The fourth-order valence-corrected chi connectivity index (χ4v) is 5.64.